The third-order valence-electron chi connectivity index (χ3n) is 10.5. The molecule has 2 aromatic carbocycles. The van der Waals surface area contributed by atoms with Gasteiger partial charge in [-0.15, -0.1) is 0 Å². The Morgan fingerprint density at radius 3 is 2.27 bits per heavy atom. The third kappa shape index (κ3) is 5.93. The monoisotopic (exact) mass is 574 g/mol. The summed E-state index contributed by atoms with van der Waals surface area (Å²) in [5.74, 6) is 0.967. The molecule has 1 unspecified atom stereocenters. The molecule has 7 nitrogen and oxygen atoms in total. The van der Waals surface area contributed by atoms with Gasteiger partial charge in [0.15, 0.2) is 0 Å². The number of nitrogens with zero attached hydrogens (tertiary/aromatic N) is 5. The van der Waals surface area contributed by atoms with Gasteiger partial charge in [0.2, 0.25) is 5.69 Å². The van der Waals surface area contributed by atoms with Crippen LogP contribution >= 0.6 is 11.6 Å². The van der Waals surface area contributed by atoms with Gasteiger partial charge in [0.05, 0.1) is 6.57 Å². The zero-order valence-electron chi connectivity index (χ0n) is 24.3. The maximum Gasteiger partial charge on any atom is 0.253 e. The summed E-state index contributed by atoms with van der Waals surface area (Å²) < 4.78 is 0. The lowest BCUT2D eigenvalue weighted by atomic mass is 9.73. The predicted molar refractivity (Wildman–Crippen MR) is 167 cm³/mol. The van der Waals surface area contributed by atoms with E-state index in [0.717, 1.165) is 88.9 Å². The van der Waals surface area contributed by atoms with Crippen molar-refractivity contribution in [1.82, 2.24) is 15.1 Å². The number of rotatable bonds is 5. The molecule has 4 fully saturated rings. The second-order valence-corrected chi connectivity index (χ2v) is 13.0. The number of hydrogen-bond acceptors (Lipinski definition) is 5. The molecule has 1 atom stereocenters. The molecule has 1 spiro atoms. The van der Waals surface area contributed by atoms with E-state index in [2.05, 4.69) is 43.9 Å². The summed E-state index contributed by atoms with van der Waals surface area (Å²) in [6.07, 6.45) is 6.04. The first kappa shape index (κ1) is 28.3. The van der Waals surface area contributed by atoms with Gasteiger partial charge in [-0.2, -0.15) is 0 Å². The molecule has 0 saturated carbocycles. The van der Waals surface area contributed by atoms with E-state index in [-0.39, 0.29) is 5.91 Å². The van der Waals surface area contributed by atoms with Crippen LogP contribution in [0.3, 0.4) is 0 Å². The fourth-order valence-electron chi connectivity index (χ4n) is 7.63. The summed E-state index contributed by atoms with van der Waals surface area (Å²) in [5, 5.41) is 3.99. The summed E-state index contributed by atoms with van der Waals surface area (Å²) in [5.41, 5.74) is 3.96. The molecule has 0 bridgehead atoms. The van der Waals surface area contributed by atoms with E-state index >= 15 is 0 Å². The molecule has 218 valence electrons. The molecule has 41 heavy (non-hydrogen) atoms. The van der Waals surface area contributed by atoms with Crippen molar-refractivity contribution in [3.05, 3.63) is 64.5 Å². The van der Waals surface area contributed by atoms with Gasteiger partial charge in [-0.25, -0.2) is 4.85 Å². The molecule has 0 radical (unpaired) electrons. The van der Waals surface area contributed by atoms with E-state index in [9.17, 15) is 4.79 Å². The van der Waals surface area contributed by atoms with Gasteiger partial charge in [0.25, 0.3) is 5.91 Å². The molecular weight excluding hydrogens is 532 g/mol. The lowest BCUT2D eigenvalue weighted by molar-refractivity contribution is 0.0608. The molecule has 8 heteroatoms. The second-order valence-electron chi connectivity index (χ2n) is 12.5. The quantitative estimate of drug-likeness (QED) is 0.476. The van der Waals surface area contributed by atoms with Crippen molar-refractivity contribution in [3.63, 3.8) is 0 Å². The Balaban J connectivity index is 1.00. The number of anilines is 2. The lowest BCUT2D eigenvalue weighted by Crippen LogP contribution is -2.50. The standard InChI is InChI=1S/C33H43ClN6O/c1-25-33(13-18-40(25)29-7-8-31(35-2)30(34)23-29)11-16-38(17-12-33)28-5-3-27(4-6-28)32(41)39-21-19-37(20-22-39)24-26-9-14-36-15-10-26/h3-8,23,25-26,36H,9-22,24H2,1H3. The van der Waals surface area contributed by atoms with Gasteiger partial charge in [0, 0.05) is 80.4 Å². The predicted octanol–water partition coefficient (Wildman–Crippen LogP) is 5.53. The Bertz CT molecular complexity index is 1250. The molecule has 1 amide bonds. The van der Waals surface area contributed by atoms with Crippen molar-refractivity contribution in [1.29, 1.82) is 0 Å². The second kappa shape index (κ2) is 12.2. The number of piperazine rings is 1. The third-order valence-corrected chi connectivity index (χ3v) is 10.8. The van der Waals surface area contributed by atoms with Crippen molar-refractivity contribution >= 4 is 34.6 Å². The average molecular weight is 575 g/mol. The van der Waals surface area contributed by atoms with E-state index in [1.165, 1.54) is 31.5 Å². The van der Waals surface area contributed by atoms with Crippen LogP contribution in [0.2, 0.25) is 5.02 Å². The van der Waals surface area contributed by atoms with E-state index in [4.69, 9.17) is 18.2 Å². The number of piperidine rings is 2. The fourth-order valence-corrected chi connectivity index (χ4v) is 7.85. The summed E-state index contributed by atoms with van der Waals surface area (Å²) in [6, 6.07) is 14.6. The maximum atomic E-state index is 13.3. The number of amides is 1. The number of hydrogen-bond donors (Lipinski definition) is 1. The highest BCUT2D eigenvalue weighted by Gasteiger charge is 2.46. The van der Waals surface area contributed by atoms with E-state index < -0.39 is 0 Å². The molecule has 4 heterocycles. The van der Waals surface area contributed by atoms with Crippen molar-refractivity contribution < 1.29 is 4.79 Å². The number of carbonyl (C=O) groups excluding carboxylic acids is 1. The Labute approximate surface area is 250 Å². The van der Waals surface area contributed by atoms with Crippen LogP contribution in [0.5, 0.6) is 0 Å². The lowest BCUT2D eigenvalue weighted by Gasteiger charge is -2.44. The molecule has 0 aliphatic carbocycles. The number of carbonyl (C=O) groups is 1. The van der Waals surface area contributed by atoms with Crippen LogP contribution in [-0.4, -0.2) is 87.2 Å². The minimum absolute atomic E-state index is 0.167. The van der Waals surface area contributed by atoms with Crippen LogP contribution in [0.4, 0.5) is 17.1 Å². The van der Waals surface area contributed by atoms with Crippen molar-refractivity contribution in [2.75, 3.05) is 75.2 Å². The van der Waals surface area contributed by atoms with Crippen LogP contribution in [0.25, 0.3) is 4.85 Å². The van der Waals surface area contributed by atoms with E-state index in [0.29, 0.717) is 22.2 Å². The zero-order chi connectivity index (χ0) is 28.4. The van der Waals surface area contributed by atoms with Gasteiger partial charge < -0.3 is 20.0 Å². The highest BCUT2D eigenvalue weighted by Crippen LogP contribution is 2.48. The topological polar surface area (TPSA) is 46.4 Å². The highest BCUT2D eigenvalue weighted by molar-refractivity contribution is 6.33. The number of halogens is 1. The zero-order valence-corrected chi connectivity index (χ0v) is 25.1. The van der Waals surface area contributed by atoms with Crippen molar-refractivity contribution in [2.45, 2.75) is 45.1 Å². The molecule has 2 aromatic rings. The average Bonchev–Trinajstić information content (AvgIpc) is 3.33. The van der Waals surface area contributed by atoms with Crippen LogP contribution < -0.4 is 15.1 Å². The van der Waals surface area contributed by atoms with Crippen molar-refractivity contribution in [3.8, 4) is 0 Å². The number of nitrogens with one attached hydrogen (secondary N) is 1. The van der Waals surface area contributed by atoms with Crippen LogP contribution in [0, 0.1) is 17.9 Å². The van der Waals surface area contributed by atoms with Gasteiger partial charge in [-0.1, -0.05) is 17.7 Å². The molecule has 0 aromatic heterocycles. The summed E-state index contributed by atoms with van der Waals surface area (Å²) in [7, 11) is 0. The normalized spacial score (nSPS) is 23.6. The van der Waals surface area contributed by atoms with Gasteiger partial charge in [-0.05, 0) is 99.8 Å². The van der Waals surface area contributed by atoms with Crippen molar-refractivity contribution in [2.24, 2.45) is 11.3 Å². The molecule has 6 rings (SSSR count). The first-order valence-corrected chi connectivity index (χ1v) is 15.8. The van der Waals surface area contributed by atoms with Gasteiger partial charge >= 0.3 is 0 Å². The molecule has 4 aliphatic rings. The smallest absolute Gasteiger partial charge is 0.253 e. The van der Waals surface area contributed by atoms with E-state index in [1.807, 2.05) is 35.2 Å². The van der Waals surface area contributed by atoms with E-state index in [1.54, 1.807) is 0 Å². The Kier molecular flexibility index (Phi) is 8.44. The van der Waals surface area contributed by atoms with Crippen LogP contribution in [0.1, 0.15) is 49.4 Å². The summed E-state index contributed by atoms with van der Waals surface area (Å²) in [6.45, 7) is 19.8. The Morgan fingerprint density at radius 1 is 0.951 bits per heavy atom. The Morgan fingerprint density at radius 2 is 1.61 bits per heavy atom. The first-order valence-electron chi connectivity index (χ1n) is 15.5. The maximum absolute atomic E-state index is 13.3. The van der Waals surface area contributed by atoms with Gasteiger partial charge in [0.1, 0.15) is 0 Å². The largest absolute Gasteiger partial charge is 0.371 e. The minimum atomic E-state index is 0.167. The summed E-state index contributed by atoms with van der Waals surface area (Å²) >= 11 is 6.36. The fraction of sp³-hybridized carbons (Fsp3) is 0.576. The van der Waals surface area contributed by atoms with Crippen LogP contribution in [-0.2, 0) is 0 Å². The minimum Gasteiger partial charge on any atom is -0.371 e. The highest BCUT2D eigenvalue weighted by atomic mass is 35.5. The SMILES string of the molecule is [C-]#[N+]c1ccc(N2CCC3(CCN(c4ccc(C(=O)N5CCN(CC6CCNCC6)CC5)cc4)CC3)C2C)cc1Cl. The number of benzene rings is 2. The molecular formula is C33H43ClN6O. The van der Waals surface area contributed by atoms with Gasteiger partial charge in [-0.3, -0.25) is 9.69 Å². The van der Waals surface area contributed by atoms with Crippen LogP contribution in [0.15, 0.2) is 42.5 Å². The molecule has 4 saturated heterocycles. The Hall–Kier alpha value is -2.79. The first-order chi connectivity index (χ1) is 20.0. The molecule has 1 N–H and O–H groups in total. The molecule has 4 aliphatic heterocycles. The summed E-state index contributed by atoms with van der Waals surface area (Å²) in [4.78, 5) is 26.3.